The van der Waals surface area contributed by atoms with E-state index in [1.54, 1.807) is 6.07 Å². The van der Waals surface area contributed by atoms with Gasteiger partial charge in [-0.25, -0.2) is 0 Å². The Bertz CT molecular complexity index is 1270. The number of aryl methyl sites for hydroxylation is 2. The van der Waals surface area contributed by atoms with E-state index in [-0.39, 0.29) is 17.4 Å². The van der Waals surface area contributed by atoms with Gasteiger partial charge >= 0.3 is 0 Å². The van der Waals surface area contributed by atoms with E-state index in [0.717, 1.165) is 33.7 Å². The van der Waals surface area contributed by atoms with Crippen LogP contribution in [0, 0.1) is 13.8 Å². The minimum Gasteiger partial charge on any atom is -0.507 e. The summed E-state index contributed by atoms with van der Waals surface area (Å²) in [5, 5.41) is 13.2. The number of amides is 1. The van der Waals surface area contributed by atoms with Gasteiger partial charge in [0.1, 0.15) is 23.7 Å². The maximum atomic E-state index is 13.3. The lowest BCUT2D eigenvalue weighted by Crippen LogP contribution is -2.29. The third-order valence-electron chi connectivity index (χ3n) is 6.05. The fourth-order valence-corrected chi connectivity index (χ4v) is 5.32. The highest BCUT2D eigenvalue weighted by molar-refractivity contribution is 7.10. The van der Waals surface area contributed by atoms with E-state index in [1.807, 2.05) is 68.6 Å². The van der Waals surface area contributed by atoms with Crippen molar-refractivity contribution in [3.8, 4) is 5.75 Å². The Labute approximate surface area is 190 Å². The van der Waals surface area contributed by atoms with Crippen molar-refractivity contribution < 1.29 is 19.4 Å². The molecule has 3 aromatic rings. The Hall–Kier alpha value is -3.38. The number of rotatable bonds is 3. The van der Waals surface area contributed by atoms with Crippen LogP contribution in [0.3, 0.4) is 0 Å². The minimum absolute atomic E-state index is 0.0726. The molecule has 2 aromatic carbocycles. The molecule has 1 fully saturated rings. The average molecular weight is 446 g/mol. The summed E-state index contributed by atoms with van der Waals surface area (Å²) < 4.78 is 5.76. The molecule has 5 rings (SSSR count). The van der Waals surface area contributed by atoms with E-state index in [2.05, 4.69) is 0 Å². The Morgan fingerprint density at radius 2 is 1.94 bits per heavy atom. The molecule has 2 unspecified atom stereocenters. The first-order valence-electron chi connectivity index (χ1n) is 10.6. The summed E-state index contributed by atoms with van der Waals surface area (Å²) in [5.74, 6) is -0.666. The van der Waals surface area contributed by atoms with Gasteiger partial charge in [0.25, 0.3) is 11.7 Å². The van der Waals surface area contributed by atoms with Crippen LogP contribution in [-0.4, -0.2) is 22.9 Å². The molecule has 1 aromatic heterocycles. The van der Waals surface area contributed by atoms with Crippen LogP contribution < -0.4 is 9.64 Å². The van der Waals surface area contributed by atoms with Crippen molar-refractivity contribution in [2.45, 2.75) is 39.3 Å². The maximum absolute atomic E-state index is 13.3. The van der Waals surface area contributed by atoms with Crippen molar-refractivity contribution in [3.63, 3.8) is 0 Å². The summed E-state index contributed by atoms with van der Waals surface area (Å²) in [6.07, 6.45) is 0.810. The van der Waals surface area contributed by atoms with Crippen LogP contribution in [0.1, 0.15) is 40.1 Å². The van der Waals surface area contributed by atoms with E-state index in [0.29, 0.717) is 11.3 Å². The standard InChI is InChI=1S/C26H23NO4S/c1-14-6-7-15(2)19(11-14)27-23(21-5-4-10-32-21)22(25(29)26(27)30)24(28)17-8-9-20-18(13-17)12-16(3)31-20/h4-11,13,16,23,28H,12H2,1-3H3/b24-22-. The lowest BCUT2D eigenvalue weighted by atomic mass is 9.97. The van der Waals surface area contributed by atoms with Crippen molar-refractivity contribution in [1.29, 1.82) is 0 Å². The topological polar surface area (TPSA) is 66.8 Å². The van der Waals surface area contributed by atoms with Gasteiger partial charge in [0.05, 0.1) is 5.57 Å². The molecular formula is C26H23NO4S. The molecule has 0 aliphatic carbocycles. The highest BCUT2D eigenvalue weighted by Crippen LogP contribution is 2.45. The molecular weight excluding hydrogens is 422 g/mol. The SMILES string of the molecule is Cc1ccc(C)c(N2C(=O)C(=O)/C(=C(\O)c3ccc4c(c3)CC(C)O4)C2c2cccs2)c1. The first-order chi connectivity index (χ1) is 15.3. The Morgan fingerprint density at radius 1 is 1.12 bits per heavy atom. The Kier molecular flexibility index (Phi) is 4.90. The molecule has 3 heterocycles. The zero-order valence-corrected chi connectivity index (χ0v) is 18.9. The number of anilines is 1. The number of Topliss-reactive ketones (excluding diaryl/α,β-unsaturated/α-hetero) is 1. The van der Waals surface area contributed by atoms with Crippen LogP contribution in [0.25, 0.3) is 5.76 Å². The van der Waals surface area contributed by atoms with Gasteiger partial charge in [-0.1, -0.05) is 18.2 Å². The second kappa shape index (κ2) is 7.64. The molecule has 1 saturated heterocycles. The summed E-state index contributed by atoms with van der Waals surface area (Å²) >= 11 is 1.46. The molecule has 0 saturated carbocycles. The van der Waals surface area contributed by atoms with Crippen molar-refractivity contribution in [2.24, 2.45) is 0 Å². The summed E-state index contributed by atoms with van der Waals surface area (Å²) in [7, 11) is 0. The van der Waals surface area contributed by atoms with Crippen LogP contribution >= 0.6 is 11.3 Å². The number of ether oxygens (including phenoxy) is 1. The highest BCUT2D eigenvalue weighted by atomic mass is 32.1. The molecule has 1 amide bonds. The number of carbonyl (C=O) groups is 2. The van der Waals surface area contributed by atoms with E-state index in [9.17, 15) is 14.7 Å². The number of fused-ring (bicyclic) bond motifs is 1. The normalized spacial score (nSPS) is 21.7. The van der Waals surface area contributed by atoms with Gasteiger partial charge in [0.2, 0.25) is 0 Å². The Balaban J connectivity index is 1.69. The lowest BCUT2D eigenvalue weighted by Gasteiger charge is -2.26. The summed E-state index contributed by atoms with van der Waals surface area (Å²) in [4.78, 5) is 28.9. The smallest absolute Gasteiger partial charge is 0.300 e. The number of carbonyl (C=O) groups excluding carboxylic acids is 2. The summed E-state index contributed by atoms with van der Waals surface area (Å²) in [5.41, 5.74) is 4.18. The van der Waals surface area contributed by atoms with Crippen molar-refractivity contribution >= 4 is 34.5 Å². The van der Waals surface area contributed by atoms with Gasteiger partial charge in [-0.05, 0) is 73.2 Å². The minimum atomic E-state index is -0.682. The fraction of sp³-hybridized carbons (Fsp3) is 0.231. The van der Waals surface area contributed by atoms with E-state index >= 15 is 0 Å². The van der Waals surface area contributed by atoms with Crippen molar-refractivity contribution in [1.82, 2.24) is 0 Å². The molecule has 5 nitrogen and oxygen atoms in total. The molecule has 162 valence electrons. The maximum Gasteiger partial charge on any atom is 0.300 e. The van der Waals surface area contributed by atoms with Crippen molar-refractivity contribution in [3.05, 3.63) is 86.6 Å². The predicted molar refractivity (Wildman–Crippen MR) is 125 cm³/mol. The number of hydrogen-bond donors (Lipinski definition) is 1. The third kappa shape index (κ3) is 3.22. The van der Waals surface area contributed by atoms with E-state index in [1.165, 1.54) is 16.2 Å². The number of benzene rings is 2. The summed E-state index contributed by atoms with van der Waals surface area (Å²) in [6, 6.07) is 14.3. The van der Waals surface area contributed by atoms with Crippen LogP contribution in [0.15, 0.2) is 59.5 Å². The monoisotopic (exact) mass is 445 g/mol. The largest absolute Gasteiger partial charge is 0.507 e. The number of aliphatic hydroxyl groups is 1. The zero-order valence-electron chi connectivity index (χ0n) is 18.1. The Morgan fingerprint density at radius 3 is 2.69 bits per heavy atom. The quantitative estimate of drug-likeness (QED) is 0.337. The molecule has 0 radical (unpaired) electrons. The second-order valence-corrected chi connectivity index (χ2v) is 9.41. The van der Waals surface area contributed by atoms with Gasteiger partial charge in [0.15, 0.2) is 0 Å². The van der Waals surface area contributed by atoms with Gasteiger partial charge in [-0.2, -0.15) is 0 Å². The van der Waals surface area contributed by atoms with Crippen molar-refractivity contribution in [2.75, 3.05) is 4.90 Å². The number of hydrogen-bond acceptors (Lipinski definition) is 5. The van der Waals surface area contributed by atoms with Crippen LogP contribution in [0.2, 0.25) is 0 Å². The molecule has 2 aliphatic heterocycles. The van der Waals surface area contributed by atoms with Gasteiger partial charge in [-0.3, -0.25) is 14.5 Å². The lowest BCUT2D eigenvalue weighted by molar-refractivity contribution is -0.132. The van der Waals surface area contributed by atoms with Crippen LogP contribution in [-0.2, 0) is 16.0 Å². The van der Waals surface area contributed by atoms with E-state index < -0.39 is 17.7 Å². The summed E-state index contributed by atoms with van der Waals surface area (Å²) in [6.45, 7) is 5.86. The second-order valence-electron chi connectivity index (χ2n) is 8.43. The average Bonchev–Trinajstić information content (AvgIpc) is 3.47. The fourth-order valence-electron chi connectivity index (χ4n) is 4.50. The van der Waals surface area contributed by atoms with Gasteiger partial charge in [-0.15, -0.1) is 11.3 Å². The molecule has 2 aliphatic rings. The van der Waals surface area contributed by atoms with Crippen LogP contribution in [0.5, 0.6) is 5.75 Å². The molecule has 6 heteroatoms. The number of nitrogens with zero attached hydrogens (tertiary/aromatic N) is 1. The molecule has 0 spiro atoms. The predicted octanol–water partition coefficient (Wildman–Crippen LogP) is 5.31. The molecule has 1 N–H and O–H groups in total. The first-order valence-corrected chi connectivity index (χ1v) is 11.4. The van der Waals surface area contributed by atoms with Gasteiger partial charge in [0, 0.05) is 22.5 Å². The third-order valence-corrected chi connectivity index (χ3v) is 6.98. The molecule has 2 atom stereocenters. The van der Waals surface area contributed by atoms with Gasteiger partial charge < -0.3 is 9.84 Å². The number of thiophene rings is 1. The number of ketones is 1. The van der Waals surface area contributed by atoms with Crippen LogP contribution in [0.4, 0.5) is 5.69 Å². The molecule has 0 bridgehead atoms. The van der Waals surface area contributed by atoms with E-state index in [4.69, 9.17) is 4.74 Å². The first kappa shape index (κ1) is 20.5. The zero-order chi connectivity index (χ0) is 22.6. The molecule has 32 heavy (non-hydrogen) atoms. The highest BCUT2D eigenvalue weighted by Gasteiger charge is 2.47. The number of aliphatic hydroxyl groups excluding tert-OH is 1.